The molecule has 0 aliphatic carbocycles. The lowest BCUT2D eigenvalue weighted by atomic mass is 10.2. The summed E-state index contributed by atoms with van der Waals surface area (Å²) in [6.45, 7) is 2.58. The summed E-state index contributed by atoms with van der Waals surface area (Å²) >= 11 is 0. The van der Waals surface area contributed by atoms with E-state index in [1.807, 2.05) is 0 Å². The Morgan fingerprint density at radius 3 is 2.90 bits per heavy atom. The zero-order valence-electron chi connectivity index (χ0n) is 11.4. The summed E-state index contributed by atoms with van der Waals surface area (Å²) < 4.78 is 45.5. The van der Waals surface area contributed by atoms with Crippen molar-refractivity contribution in [3.05, 3.63) is 23.5 Å². The van der Waals surface area contributed by atoms with Crippen molar-refractivity contribution in [3.8, 4) is 0 Å². The number of nitrogens with one attached hydrogen (secondary N) is 1. The Morgan fingerprint density at radius 2 is 2.25 bits per heavy atom. The van der Waals surface area contributed by atoms with E-state index in [2.05, 4.69) is 4.72 Å². The topological polar surface area (TPSA) is 81.4 Å². The number of nitrogen functional groups attached to an aromatic ring is 1. The van der Waals surface area contributed by atoms with Crippen molar-refractivity contribution in [2.75, 3.05) is 18.9 Å². The minimum absolute atomic E-state index is 0.0174. The van der Waals surface area contributed by atoms with Gasteiger partial charge in [-0.1, -0.05) is 0 Å². The van der Waals surface area contributed by atoms with E-state index in [-0.39, 0.29) is 16.7 Å². The predicted octanol–water partition coefficient (Wildman–Crippen LogP) is 1.56. The van der Waals surface area contributed by atoms with Crippen LogP contribution in [0.2, 0.25) is 0 Å². The Balaban J connectivity index is 2.04. The van der Waals surface area contributed by atoms with Crippen molar-refractivity contribution < 1.29 is 17.5 Å². The third-order valence-corrected chi connectivity index (χ3v) is 4.97. The van der Waals surface area contributed by atoms with Gasteiger partial charge in [-0.3, -0.25) is 0 Å². The number of nitrogens with two attached hydrogens (primary N) is 1. The number of anilines is 1. The summed E-state index contributed by atoms with van der Waals surface area (Å²) in [5, 5.41) is 0. The summed E-state index contributed by atoms with van der Waals surface area (Å²) in [6, 6.07) is 2.28. The molecule has 0 saturated carbocycles. The highest BCUT2D eigenvalue weighted by molar-refractivity contribution is 7.89. The molecule has 1 aromatic rings. The van der Waals surface area contributed by atoms with Crippen LogP contribution in [0.25, 0.3) is 0 Å². The van der Waals surface area contributed by atoms with Gasteiger partial charge in [0, 0.05) is 13.2 Å². The van der Waals surface area contributed by atoms with Gasteiger partial charge in [-0.05, 0) is 43.9 Å². The first-order valence-corrected chi connectivity index (χ1v) is 8.05. The van der Waals surface area contributed by atoms with Crippen LogP contribution in [0.4, 0.5) is 10.1 Å². The summed E-state index contributed by atoms with van der Waals surface area (Å²) in [5.41, 5.74) is 5.59. The maximum atomic E-state index is 13.2. The molecule has 1 aliphatic rings. The maximum absolute atomic E-state index is 13.2. The highest BCUT2D eigenvalue weighted by Crippen LogP contribution is 2.21. The molecular weight excluding hydrogens is 283 g/mol. The normalized spacial score (nSPS) is 19.4. The highest BCUT2D eigenvalue weighted by Gasteiger charge is 2.20. The van der Waals surface area contributed by atoms with Gasteiger partial charge in [0.1, 0.15) is 5.82 Å². The van der Waals surface area contributed by atoms with E-state index in [0.29, 0.717) is 18.5 Å². The molecule has 0 spiro atoms. The molecule has 1 heterocycles. The Bertz CT molecular complexity index is 584. The average molecular weight is 302 g/mol. The van der Waals surface area contributed by atoms with Gasteiger partial charge in [-0.25, -0.2) is 17.5 Å². The van der Waals surface area contributed by atoms with E-state index >= 15 is 0 Å². The van der Waals surface area contributed by atoms with Gasteiger partial charge in [0.2, 0.25) is 10.0 Å². The molecule has 0 aromatic heterocycles. The van der Waals surface area contributed by atoms with Crippen molar-refractivity contribution >= 4 is 15.7 Å². The van der Waals surface area contributed by atoms with Crippen LogP contribution in [0.1, 0.15) is 24.8 Å². The van der Waals surface area contributed by atoms with E-state index in [9.17, 15) is 12.8 Å². The lowest BCUT2D eigenvalue weighted by molar-refractivity contribution is 0.105. The summed E-state index contributed by atoms with van der Waals surface area (Å²) in [6.07, 6.45) is 2.74. The zero-order valence-corrected chi connectivity index (χ0v) is 12.2. The van der Waals surface area contributed by atoms with Gasteiger partial charge in [0.25, 0.3) is 0 Å². The van der Waals surface area contributed by atoms with Crippen molar-refractivity contribution in [3.63, 3.8) is 0 Å². The van der Waals surface area contributed by atoms with Crippen LogP contribution in [-0.2, 0) is 14.8 Å². The number of rotatable bonds is 5. The van der Waals surface area contributed by atoms with E-state index in [0.717, 1.165) is 31.6 Å². The van der Waals surface area contributed by atoms with Crippen LogP contribution in [0.15, 0.2) is 17.0 Å². The Hall–Kier alpha value is -1.18. The second-order valence-electron chi connectivity index (χ2n) is 4.96. The standard InChI is InChI=1S/C13H19FN2O3S/c1-9-7-11(14)12(15)8-13(9)20(17,18)16-5-4-10-3-2-6-19-10/h7-8,10,16H,2-6,15H2,1H3. The number of ether oxygens (including phenoxy) is 1. The fourth-order valence-corrected chi connectivity index (χ4v) is 3.57. The average Bonchev–Trinajstić information content (AvgIpc) is 2.86. The van der Waals surface area contributed by atoms with Gasteiger partial charge in [0.05, 0.1) is 16.7 Å². The Kier molecular flexibility index (Phi) is 4.62. The largest absolute Gasteiger partial charge is 0.396 e. The van der Waals surface area contributed by atoms with Crippen LogP contribution in [0.3, 0.4) is 0 Å². The predicted molar refractivity (Wildman–Crippen MR) is 74.3 cm³/mol. The first-order valence-electron chi connectivity index (χ1n) is 6.57. The molecule has 1 aliphatic heterocycles. The van der Waals surface area contributed by atoms with Crippen LogP contribution >= 0.6 is 0 Å². The molecule has 7 heteroatoms. The minimum atomic E-state index is -3.67. The number of benzene rings is 1. The number of sulfonamides is 1. The Labute approximate surface area is 118 Å². The molecule has 1 atom stereocenters. The molecule has 1 fully saturated rings. The fraction of sp³-hybridized carbons (Fsp3) is 0.538. The third kappa shape index (κ3) is 3.47. The van der Waals surface area contributed by atoms with E-state index in [1.54, 1.807) is 0 Å². The first-order chi connectivity index (χ1) is 9.40. The molecule has 3 N–H and O–H groups in total. The number of hydrogen-bond acceptors (Lipinski definition) is 4. The molecule has 5 nitrogen and oxygen atoms in total. The molecule has 20 heavy (non-hydrogen) atoms. The maximum Gasteiger partial charge on any atom is 0.240 e. The molecule has 0 radical (unpaired) electrons. The number of hydrogen-bond donors (Lipinski definition) is 2. The van der Waals surface area contributed by atoms with Crippen LogP contribution in [0, 0.1) is 12.7 Å². The van der Waals surface area contributed by atoms with Crippen LogP contribution in [-0.4, -0.2) is 27.7 Å². The molecule has 2 rings (SSSR count). The Morgan fingerprint density at radius 1 is 1.50 bits per heavy atom. The SMILES string of the molecule is Cc1cc(F)c(N)cc1S(=O)(=O)NCCC1CCCO1. The van der Waals surface area contributed by atoms with Gasteiger partial charge in [-0.2, -0.15) is 0 Å². The van der Waals surface area contributed by atoms with E-state index in [1.165, 1.54) is 6.92 Å². The number of aryl methyl sites for hydroxylation is 1. The quantitative estimate of drug-likeness (QED) is 0.809. The minimum Gasteiger partial charge on any atom is -0.396 e. The molecule has 1 aromatic carbocycles. The van der Waals surface area contributed by atoms with Gasteiger partial charge < -0.3 is 10.5 Å². The second-order valence-corrected chi connectivity index (χ2v) is 6.70. The van der Waals surface area contributed by atoms with Crippen LogP contribution < -0.4 is 10.5 Å². The monoisotopic (exact) mass is 302 g/mol. The first kappa shape index (κ1) is 15.2. The summed E-state index contributed by atoms with van der Waals surface area (Å²) in [4.78, 5) is 0.0174. The molecular formula is C13H19FN2O3S. The van der Waals surface area contributed by atoms with Crippen LogP contribution in [0.5, 0.6) is 0 Å². The smallest absolute Gasteiger partial charge is 0.240 e. The lowest BCUT2D eigenvalue weighted by Gasteiger charge is -2.12. The van der Waals surface area contributed by atoms with Gasteiger partial charge >= 0.3 is 0 Å². The lowest BCUT2D eigenvalue weighted by Crippen LogP contribution is -2.28. The molecule has 112 valence electrons. The fourth-order valence-electron chi connectivity index (χ4n) is 2.26. The van der Waals surface area contributed by atoms with Gasteiger partial charge in [0.15, 0.2) is 0 Å². The second kappa shape index (κ2) is 6.07. The van der Waals surface area contributed by atoms with Gasteiger partial charge in [-0.15, -0.1) is 0 Å². The van der Waals surface area contributed by atoms with E-state index < -0.39 is 15.8 Å². The van der Waals surface area contributed by atoms with Crippen molar-refractivity contribution in [1.82, 2.24) is 4.72 Å². The molecule has 0 amide bonds. The molecule has 1 unspecified atom stereocenters. The summed E-state index contributed by atoms with van der Waals surface area (Å²) in [7, 11) is -3.67. The highest BCUT2D eigenvalue weighted by atomic mass is 32.2. The summed E-state index contributed by atoms with van der Waals surface area (Å²) in [5.74, 6) is -0.610. The number of halogens is 1. The molecule has 1 saturated heterocycles. The van der Waals surface area contributed by atoms with Crippen molar-refractivity contribution in [1.29, 1.82) is 0 Å². The van der Waals surface area contributed by atoms with Crippen molar-refractivity contribution in [2.45, 2.75) is 37.2 Å². The van der Waals surface area contributed by atoms with E-state index in [4.69, 9.17) is 10.5 Å². The molecule has 0 bridgehead atoms. The zero-order chi connectivity index (χ0) is 14.8. The third-order valence-electron chi connectivity index (χ3n) is 3.37. The van der Waals surface area contributed by atoms with Crippen molar-refractivity contribution in [2.24, 2.45) is 0 Å².